The van der Waals surface area contributed by atoms with Crippen molar-refractivity contribution in [1.82, 2.24) is 15.1 Å². The van der Waals surface area contributed by atoms with Crippen LogP contribution in [0.15, 0.2) is 36.5 Å². The molecule has 1 aromatic carbocycles. The normalized spacial score (nSPS) is 12.5. The molecule has 2 rings (SSSR count). The van der Waals surface area contributed by atoms with Crippen LogP contribution in [0.4, 0.5) is 0 Å². The zero-order valence-corrected chi connectivity index (χ0v) is 14.0. The van der Waals surface area contributed by atoms with Crippen molar-refractivity contribution in [1.29, 1.82) is 0 Å². The summed E-state index contributed by atoms with van der Waals surface area (Å²) < 4.78 is 1.84. The van der Waals surface area contributed by atoms with Crippen LogP contribution in [-0.2, 0) is 11.2 Å². The average molecular weight is 315 g/mol. The molecule has 0 aliphatic heterocycles. The lowest BCUT2D eigenvalue weighted by atomic mass is 10.0. The molecule has 0 spiro atoms. The second-order valence-electron chi connectivity index (χ2n) is 6.31. The third kappa shape index (κ3) is 5.21. The van der Waals surface area contributed by atoms with E-state index in [0.717, 1.165) is 11.4 Å². The van der Waals surface area contributed by atoms with Crippen LogP contribution in [0.5, 0.6) is 0 Å². The Morgan fingerprint density at radius 2 is 1.96 bits per heavy atom. The zero-order chi connectivity index (χ0) is 16.8. The summed E-state index contributed by atoms with van der Waals surface area (Å²) in [7, 11) is 0. The maximum atomic E-state index is 11.2. The molecule has 0 saturated heterocycles. The summed E-state index contributed by atoms with van der Waals surface area (Å²) in [5.41, 5.74) is 3.19. The standard InChI is InChI=1S/C18H25N3O2/c1-13(2)12-17(18(22)23)19-10-8-15-9-11-21(20-15)16-6-4-14(3)5-7-16/h4-7,9,11,13,17,19H,8,10,12H2,1-3H3,(H,22,23). The second kappa shape index (κ2) is 7.92. The van der Waals surface area contributed by atoms with Crippen LogP contribution in [0.2, 0.25) is 0 Å². The fourth-order valence-corrected chi connectivity index (χ4v) is 2.45. The Kier molecular flexibility index (Phi) is 5.93. The Morgan fingerprint density at radius 3 is 2.57 bits per heavy atom. The number of aliphatic carboxylic acids is 1. The first kappa shape index (κ1) is 17.2. The monoisotopic (exact) mass is 315 g/mol. The van der Waals surface area contributed by atoms with Gasteiger partial charge in [-0.2, -0.15) is 5.10 Å². The molecule has 0 aliphatic rings. The maximum absolute atomic E-state index is 11.2. The molecular weight excluding hydrogens is 290 g/mol. The fourth-order valence-electron chi connectivity index (χ4n) is 2.45. The van der Waals surface area contributed by atoms with Crippen molar-refractivity contribution in [3.8, 4) is 5.69 Å². The molecule has 124 valence electrons. The Morgan fingerprint density at radius 1 is 1.26 bits per heavy atom. The lowest BCUT2D eigenvalue weighted by molar-refractivity contribution is -0.139. The number of aryl methyl sites for hydroxylation is 1. The lowest BCUT2D eigenvalue weighted by Gasteiger charge is -2.15. The molecule has 0 bridgehead atoms. The van der Waals surface area contributed by atoms with Crippen molar-refractivity contribution in [2.45, 2.75) is 39.7 Å². The van der Waals surface area contributed by atoms with Crippen molar-refractivity contribution in [2.75, 3.05) is 6.54 Å². The molecule has 5 heteroatoms. The predicted octanol–water partition coefficient (Wildman–Crippen LogP) is 2.81. The molecule has 2 aromatic rings. The van der Waals surface area contributed by atoms with E-state index in [2.05, 4.69) is 29.5 Å². The maximum Gasteiger partial charge on any atom is 0.320 e. The van der Waals surface area contributed by atoms with E-state index in [1.165, 1.54) is 5.56 Å². The highest BCUT2D eigenvalue weighted by Crippen LogP contribution is 2.10. The molecule has 1 atom stereocenters. The van der Waals surface area contributed by atoms with Crippen molar-refractivity contribution in [2.24, 2.45) is 5.92 Å². The molecule has 0 saturated carbocycles. The van der Waals surface area contributed by atoms with E-state index in [1.807, 2.05) is 42.9 Å². The largest absolute Gasteiger partial charge is 0.480 e. The van der Waals surface area contributed by atoms with Gasteiger partial charge in [0.15, 0.2) is 0 Å². The summed E-state index contributed by atoms with van der Waals surface area (Å²) in [5, 5.41) is 16.9. The molecule has 1 heterocycles. The van der Waals surface area contributed by atoms with Crippen molar-refractivity contribution < 1.29 is 9.90 Å². The SMILES string of the molecule is Cc1ccc(-n2ccc(CCNC(CC(C)C)C(=O)O)n2)cc1. The fraction of sp³-hybridized carbons (Fsp3) is 0.444. The number of rotatable bonds is 8. The van der Waals surface area contributed by atoms with E-state index in [0.29, 0.717) is 25.3 Å². The van der Waals surface area contributed by atoms with Crippen LogP contribution in [0.25, 0.3) is 5.69 Å². The number of hydrogen-bond donors (Lipinski definition) is 2. The van der Waals surface area contributed by atoms with Gasteiger partial charge in [0.2, 0.25) is 0 Å². The van der Waals surface area contributed by atoms with Crippen LogP contribution in [-0.4, -0.2) is 33.4 Å². The van der Waals surface area contributed by atoms with Crippen LogP contribution in [0, 0.1) is 12.8 Å². The van der Waals surface area contributed by atoms with E-state index >= 15 is 0 Å². The van der Waals surface area contributed by atoms with Gasteiger partial charge in [-0.3, -0.25) is 4.79 Å². The van der Waals surface area contributed by atoms with Gasteiger partial charge in [-0.1, -0.05) is 31.5 Å². The number of nitrogens with zero attached hydrogens (tertiary/aromatic N) is 2. The summed E-state index contributed by atoms with van der Waals surface area (Å²) in [6, 6.07) is 9.67. The number of carboxylic acid groups (broad SMARTS) is 1. The number of hydrogen-bond acceptors (Lipinski definition) is 3. The van der Waals surface area contributed by atoms with E-state index < -0.39 is 12.0 Å². The first-order chi connectivity index (χ1) is 11.0. The molecule has 1 aromatic heterocycles. The van der Waals surface area contributed by atoms with Crippen molar-refractivity contribution in [3.05, 3.63) is 47.8 Å². The predicted molar refractivity (Wildman–Crippen MR) is 90.9 cm³/mol. The molecule has 2 N–H and O–H groups in total. The third-order valence-corrected chi connectivity index (χ3v) is 3.72. The Labute approximate surface area is 137 Å². The van der Waals surface area contributed by atoms with Gasteiger partial charge < -0.3 is 10.4 Å². The van der Waals surface area contributed by atoms with Crippen LogP contribution in [0.1, 0.15) is 31.5 Å². The quantitative estimate of drug-likeness (QED) is 0.786. The van der Waals surface area contributed by atoms with E-state index in [-0.39, 0.29) is 0 Å². The minimum atomic E-state index is -0.788. The van der Waals surface area contributed by atoms with E-state index in [9.17, 15) is 9.90 Å². The minimum Gasteiger partial charge on any atom is -0.480 e. The van der Waals surface area contributed by atoms with Crippen molar-refractivity contribution >= 4 is 5.97 Å². The third-order valence-electron chi connectivity index (χ3n) is 3.72. The second-order valence-corrected chi connectivity index (χ2v) is 6.31. The van der Waals surface area contributed by atoms with Gasteiger partial charge in [0.1, 0.15) is 6.04 Å². The Balaban J connectivity index is 1.89. The van der Waals surface area contributed by atoms with Crippen molar-refractivity contribution in [3.63, 3.8) is 0 Å². The summed E-state index contributed by atoms with van der Waals surface area (Å²) in [6.07, 6.45) is 3.27. The minimum absolute atomic E-state index is 0.351. The van der Waals surface area contributed by atoms with Gasteiger partial charge >= 0.3 is 5.97 Å². The number of benzene rings is 1. The van der Waals surface area contributed by atoms with Gasteiger partial charge in [-0.05, 0) is 37.5 Å². The number of carboxylic acids is 1. The highest BCUT2D eigenvalue weighted by Gasteiger charge is 2.17. The highest BCUT2D eigenvalue weighted by atomic mass is 16.4. The van der Waals surface area contributed by atoms with Gasteiger partial charge in [-0.25, -0.2) is 4.68 Å². The Bertz CT molecular complexity index is 632. The number of carbonyl (C=O) groups is 1. The summed E-state index contributed by atoms with van der Waals surface area (Å²) >= 11 is 0. The zero-order valence-electron chi connectivity index (χ0n) is 14.0. The molecule has 0 fully saturated rings. The summed E-state index contributed by atoms with van der Waals surface area (Å²) in [5.74, 6) is -0.437. The summed E-state index contributed by atoms with van der Waals surface area (Å²) in [6.45, 7) is 6.72. The van der Waals surface area contributed by atoms with E-state index in [4.69, 9.17) is 0 Å². The lowest BCUT2D eigenvalue weighted by Crippen LogP contribution is -2.38. The molecular formula is C18H25N3O2. The average Bonchev–Trinajstić information content (AvgIpc) is 2.95. The topological polar surface area (TPSA) is 67.2 Å². The molecule has 1 unspecified atom stereocenters. The first-order valence-corrected chi connectivity index (χ1v) is 8.03. The number of aromatic nitrogens is 2. The van der Waals surface area contributed by atoms with Crippen LogP contribution in [0.3, 0.4) is 0 Å². The van der Waals surface area contributed by atoms with Gasteiger partial charge in [0, 0.05) is 19.2 Å². The Hall–Kier alpha value is -2.14. The first-order valence-electron chi connectivity index (χ1n) is 8.03. The molecule has 0 radical (unpaired) electrons. The van der Waals surface area contributed by atoms with Gasteiger partial charge in [0.05, 0.1) is 11.4 Å². The van der Waals surface area contributed by atoms with Gasteiger partial charge in [0.25, 0.3) is 0 Å². The highest BCUT2D eigenvalue weighted by molar-refractivity contribution is 5.73. The number of nitrogens with one attached hydrogen (secondary N) is 1. The summed E-state index contributed by atoms with van der Waals surface area (Å²) in [4.78, 5) is 11.2. The van der Waals surface area contributed by atoms with Crippen LogP contribution < -0.4 is 5.32 Å². The smallest absolute Gasteiger partial charge is 0.320 e. The molecule has 5 nitrogen and oxygen atoms in total. The molecule has 0 aliphatic carbocycles. The van der Waals surface area contributed by atoms with Crippen LogP contribution >= 0.6 is 0 Å². The van der Waals surface area contributed by atoms with E-state index in [1.54, 1.807) is 0 Å². The van der Waals surface area contributed by atoms with Gasteiger partial charge in [-0.15, -0.1) is 0 Å². The molecule has 23 heavy (non-hydrogen) atoms. The molecule has 0 amide bonds.